The summed E-state index contributed by atoms with van der Waals surface area (Å²) in [5.41, 5.74) is 0.972. The second kappa shape index (κ2) is 6.13. The Balaban J connectivity index is 2.74. The molecule has 0 heterocycles. The lowest BCUT2D eigenvalue weighted by Gasteiger charge is -2.07. The van der Waals surface area contributed by atoms with Gasteiger partial charge in [0.1, 0.15) is 0 Å². The summed E-state index contributed by atoms with van der Waals surface area (Å²) in [6.07, 6.45) is -5.29. The lowest BCUT2D eigenvalue weighted by Crippen LogP contribution is -2.22. The monoisotopic (exact) mass is 328 g/mol. The van der Waals surface area contributed by atoms with Gasteiger partial charge in [-0.05, 0) is 37.0 Å². The van der Waals surface area contributed by atoms with E-state index in [-0.39, 0.29) is 17.7 Å². The number of hydrogen-bond acceptors (Lipinski definition) is 3. The fraction of sp³-hybridized carbons (Fsp3) is 0.417. The van der Waals surface area contributed by atoms with Crippen molar-refractivity contribution in [3.8, 4) is 0 Å². The molecule has 1 aromatic rings. The summed E-state index contributed by atoms with van der Waals surface area (Å²) in [4.78, 5) is 10.6. The molecule has 0 amide bonds. The van der Waals surface area contributed by atoms with Crippen molar-refractivity contribution < 1.29 is 26.4 Å². The van der Waals surface area contributed by atoms with E-state index in [9.17, 15) is 26.4 Å². The molecule has 20 heavy (non-hydrogen) atoms. The van der Waals surface area contributed by atoms with Crippen molar-refractivity contribution in [2.24, 2.45) is 0 Å². The minimum Gasteiger partial charge on any atom is -0.290 e. The number of alkyl halides is 3. The van der Waals surface area contributed by atoms with Crippen LogP contribution in [0.15, 0.2) is 23.1 Å². The fourth-order valence-corrected chi connectivity index (χ4v) is 2.90. The molecule has 1 aromatic carbocycles. The van der Waals surface area contributed by atoms with Crippen molar-refractivity contribution in [3.05, 3.63) is 29.3 Å². The Morgan fingerprint density at radius 1 is 1.30 bits per heavy atom. The van der Waals surface area contributed by atoms with Crippen LogP contribution >= 0.6 is 10.7 Å². The summed E-state index contributed by atoms with van der Waals surface area (Å²) in [6, 6.07) is 4.44. The number of rotatable bonds is 5. The molecule has 0 saturated heterocycles. The van der Waals surface area contributed by atoms with Crippen molar-refractivity contribution in [2.75, 3.05) is 0 Å². The van der Waals surface area contributed by atoms with Gasteiger partial charge in [0.2, 0.25) is 5.78 Å². The second-order valence-corrected chi connectivity index (χ2v) is 6.85. The average molecular weight is 329 g/mol. The predicted octanol–water partition coefficient (Wildman–Crippen LogP) is 3.38. The number of Topliss-reactive ketones (excluding diaryl/α,β-unsaturated/α-hetero) is 1. The Hall–Kier alpha value is -1.08. The Morgan fingerprint density at radius 3 is 2.40 bits per heavy atom. The first-order valence-corrected chi connectivity index (χ1v) is 7.97. The van der Waals surface area contributed by atoms with Crippen molar-refractivity contribution in [1.29, 1.82) is 0 Å². The Labute approximate surface area is 119 Å². The number of carbonyl (C=O) groups is 1. The van der Waals surface area contributed by atoms with Crippen molar-refractivity contribution in [2.45, 2.75) is 37.3 Å². The smallest absolute Gasteiger partial charge is 0.290 e. The number of carbonyl (C=O) groups excluding carboxylic acids is 1. The van der Waals surface area contributed by atoms with Crippen LogP contribution in [-0.2, 0) is 20.3 Å². The van der Waals surface area contributed by atoms with Gasteiger partial charge >= 0.3 is 6.18 Å². The van der Waals surface area contributed by atoms with Gasteiger partial charge in [-0.25, -0.2) is 8.42 Å². The van der Waals surface area contributed by atoms with Gasteiger partial charge in [0, 0.05) is 17.1 Å². The molecule has 0 aliphatic heterocycles. The first kappa shape index (κ1) is 17.0. The van der Waals surface area contributed by atoms with E-state index in [4.69, 9.17) is 10.7 Å². The van der Waals surface area contributed by atoms with E-state index < -0.39 is 27.4 Å². The van der Waals surface area contributed by atoms with Crippen LogP contribution in [0, 0.1) is 6.92 Å². The van der Waals surface area contributed by atoms with Gasteiger partial charge in [0.05, 0.1) is 4.90 Å². The maximum Gasteiger partial charge on any atom is 0.449 e. The molecule has 3 nitrogen and oxygen atoms in total. The zero-order valence-corrected chi connectivity index (χ0v) is 12.1. The molecule has 0 aliphatic carbocycles. The molecule has 0 bridgehead atoms. The van der Waals surface area contributed by atoms with E-state index in [2.05, 4.69) is 0 Å². The second-order valence-electron chi connectivity index (χ2n) is 4.31. The van der Waals surface area contributed by atoms with Crippen LogP contribution in [0.3, 0.4) is 0 Å². The van der Waals surface area contributed by atoms with Crippen LogP contribution in [0.25, 0.3) is 0 Å². The van der Waals surface area contributed by atoms with Crippen LogP contribution in [0.5, 0.6) is 0 Å². The molecule has 0 aromatic heterocycles. The van der Waals surface area contributed by atoms with Crippen LogP contribution in [0.4, 0.5) is 13.2 Å². The normalized spacial score (nSPS) is 12.4. The maximum absolute atomic E-state index is 12.0. The number of benzene rings is 1. The highest BCUT2D eigenvalue weighted by molar-refractivity contribution is 8.13. The van der Waals surface area contributed by atoms with E-state index in [0.717, 1.165) is 0 Å². The quantitative estimate of drug-likeness (QED) is 0.779. The van der Waals surface area contributed by atoms with Gasteiger partial charge in [-0.15, -0.1) is 0 Å². The lowest BCUT2D eigenvalue weighted by molar-refractivity contribution is -0.171. The summed E-state index contributed by atoms with van der Waals surface area (Å²) in [6.45, 7) is 1.56. The molecule has 0 radical (unpaired) electrons. The molecule has 0 spiro atoms. The molecule has 0 atom stereocenters. The highest BCUT2D eigenvalue weighted by Crippen LogP contribution is 2.23. The number of aryl methyl sites for hydroxylation is 2. The van der Waals surface area contributed by atoms with E-state index >= 15 is 0 Å². The molecule has 0 fully saturated rings. The van der Waals surface area contributed by atoms with Gasteiger partial charge in [-0.1, -0.05) is 12.1 Å². The van der Waals surface area contributed by atoms with Crippen molar-refractivity contribution in [3.63, 3.8) is 0 Å². The summed E-state index contributed by atoms with van der Waals surface area (Å²) in [7, 11) is 1.35. The van der Waals surface area contributed by atoms with Crippen molar-refractivity contribution >= 4 is 25.5 Å². The SMILES string of the molecule is Cc1ccc(CCCC(=O)C(F)(F)F)cc1S(=O)(=O)Cl. The highest BCUT2D eigenvalue weighted by Gasteiger charge is 2.37. The molecule has 0 N–H and O–H groups in total. The molecule has 0 aliphatic rings. The standard InChI is InChI=1S/C12H12ClF3O3S/c1-8-5-6-9(7-10(8)20(13,18)19)3-2-4-11(17)12(14,15)16/h5-7H,2-4H2,1H3. The zero-order chi connectivity index (χ0) is 15.6. The van der Waals surface area contributed by atoms with E-state index in [1.807, 2.05) is 0 Å². The Bertz CT molecular complexity index is 609. The Morgan fingerprint density at radius 2 is 1.90 bits per heavy atom. The summed E-state index contributed by atoms with van der Waals surface area (Å²) in [5.74, 6) is -1.78. The van der Waals surface area contributed by atoms with Gasteiger partial charge in [-0.2, -0.15) is 13.2 Å². The number of hydrogen-bond donors (Lipinski definition) is 0. The third kappa shape index (κ3) is 4.79. The van der Waals surface area contributed by atoms with E-state index in [1.54, 1.807) is 13.0 Å². The fourth-order valence-electron chi connectivity index (χ4n) is 1.66. The van der Waals surface area contributed by atoms with Crippen LogP contribution in [0.1, 0.15) is 24.0 Å². The number of halogens is 4. The molecule has 0 unspecified atom stereocenters. The minimum atomic E-state index is -4.82. The maximum atomic E-state index is 12.0. The first-order valence-electron chi connectivity index (χ1n) is 5.66. The molecular formula is C12H12ClF3O3S. The average Bonchev–Trinajstić information content (AvgIpc) is 2.28. The van der Waals surface area contributed by atoms with Crippen molar-refractivity contribution in [1.82, 2.24) is 0 Å². The minimum absolute atomic E-state index is 0.0107. The van der Waals surface area contributed by atoms with Gasteiger partial charge in [0.25, 0.3) is 9.05 Å². The third-order valence-corrected chi connectivity index (χ3v) is 4.16. The topological polar surface area (TPSA) is 51.2 Å². The molecule has 8 heteroatoms. The summed E-state index contributed by atoms with van der Waals surface area (Å²) in [5, 5.41) is 0. The van der Waals surface area contributed by atoms with Gasteiger partial charge < -0.3 is 0 Å². The van der Waals surface area contributed by atoms with Crippen LogP contribution < -0.4 is 0 Å². The molecule has 0 saturated carbocycles. The molecule has 1 rings (SSSR count). The van der Waals surface area contributed by atoms with E-state index in [0.29, 0.717) is 11.1 Å². The molecule has 112 valence electrons. The summed E-state index contributed by atoms with van der Waals surface area (Å²) >= 11 is 0. The van der Waals surface area contributed by atoms with E-state index in [1.165, 1.54) is 12.1 Å². The highest BCUT2D eigenvalue weighted by atomic mass is 35.7. The van der Waals surface area contributed by atoms with Crippen LogP contribution in [-0.4, -0.2) is 20.4 Å². The van der Waals surface area contributed by atoms with Gasteiger partial charge in [-0.3, -0.25) is 4.79 Å². The lowest BCUT2D eigenvalue weighted by atomic mass is 10.0. The Kier molecular flexibility index (Phi) is 5.21. The first-order chi connectivity index (χ1) is 9.01. The zero-order valence-electron chi connectivity index (χ0n) is 10.5. The van der Waals surface area contributed by atoms with Crippen LogP contribution in [0.2, 0.25) is 0 Å². The predicted molar refractivity (Wildman–Crippen MR) is 68.2 cm³/mol. The largest absolute Gasteiger partial charge is 0.449 e. The molecular weight excluding hydrogens is 317 g/mol. The number of ketones is 1. The summed E-state index contributed by atoms with van der Waals surface area (Å²) < 4.78 is 58.6. The van der Waals surface area contributed by atoms with Gasteiger partial charge in [0.15, 0.2) is 0 Å². The third-order valence-electron chi connectivity index (χ3n) is 2.70.